The molecule has 202 valence electrons. The summed E-state index contributed by atoms with van der Waals surface area (Å²) in [5.74, 6) is 0.615. The summed E-state index contributed by atoms with van der Waals surface area (Å²) < 4.78 is 1.52. The van der Waals surface area contributed by atoms with Gasteiger partial charge in [-0.3, -0.25) is 0 Å². The standard InChI is InChI=1S/C17H16.C9H13.C5H5.C2H6Si.2ClH.Fe.Zr/c1-12(2)15-10-14-8-5-9-16(17(14)11-15)13-6-3-4-7-13;1-6-5-7(2)9(4)8(6)3;1-2-4-5-3-1;1-3-2;;;;/h3-12H,1-2H3;5H,1-4H3;1-5H;1-2H3;2*1H;;/q-1;;-1;;;;2*+2/p-2. The van der Waals surface area contributed by atoms with Gasteiger partial charge in [0.2, 0.25) is 0 Å². The topological polar surface area (TPSA) is 0 Å². The van der Waals surface area contributed by atoms with Gasteiger partial charge in [-0.25, -0.2) is 12.1 Å². The molecule has 0 aliphatic heterocycles. The van der Waals surface area contributed by atoms with Gasteiger partial charge in [0.25, 0.3) is 0 Å². The third-order valence-electron chi connectivity index (χ3n) is 8.10. The first-order valence-corrected chi connectivity index (χ1v) is 22.0. The number of hydrogen-bond acceptors (Lipinski definition) is 0. The van der Waals surface area contributed by atoms with Crippen molar-refractivity contribution >= 4 is 11.5 Å². The number of allylic oxidation sites excluding steroid dienone is 5. The SMILES string of the molecule is CC1=C(C)[CH]([Zr+2]([CH]2C(C(C)C)=Cc3c(-[c-]4cccc4)cccc32)=[Si](C)C)C(C)=C1C.[Cl-].[Cl-].[Fe+2].c1cc[cH-]c1. The molecule has 0 saturated heterocycles. The summed E-state index contributed by atoms with van der Waals surface area (Å²) in [6, 6.07) is 26.0. The average molecular weight is 683 g/mol. The second-order valence-corrected chi connectivity index (χ2v) is 28.5. The first kappa shape index (κ1) is 35.4. The number of halogens is 2. The van der Waals surface area contributed by atoms with Crippen LogP contribution >= 0.6 is 0 Å². The summed E-state index contributed by atoms with van der Waals surface area (Å²) in [7, 11) is 0. The molecule has 0 fully saturated rings. The Bertz CT molecular complexity index is 1280. The molecule has 38 heavy (non-hydrogen) atoms. The molecule has 0 spiro atoms. The summed E-state index contributed by atoms with van der Waals surface area (Å²) >= 11 is -1.90. The maximum atomic E-state index is 2.62. The zero-order chi connectivity index (χ0) is 25.3. The first-order valence-electron chi connectivity index (χ1n) is 13.0. The summed E-state index contributed by atoms with van der Waals surface area (Å²) in [6.45, 7) is 19.7. The zero-order valence-electron chi connectivity index (χ0n) is 23.8. The van der Waals surface area contributed by atoms with Crippen LogP contribution in [-0.2, 0) is 37.4 Å². The van der Waals surface area contributed by atoms with Crippen LogP contribution in [0.5, 0.6) is 0 Å². The molecule has 0 nitrogen and oxygen atoms in total. The smallest absolute Gasteiger partial charge is 1.00 e. The molecular formula is C33H40Cl2FeSiZr. The molecular weight excluding hydrogens is 642 g/mol. The van der Waals surface area contributed by atoms with E-state index in [1.165, 1.54) is 16.7 Å². The van der Waals surface area contributed by atoms with Gasteiger partial charge in [0.15, 0.2) is 0 Å². The number of benzene rings is 1. The molecule has 0 aromatic heterocycles. The van der Waals surface area contributed by atoms with E-state index in [4.69, 9.17) is 0 Å². The molecule has 2 aliphatic carbocycles. The zero-order valence-corrected chi connectivity index (χ0v) is 29.9. The van der Waals surface area contributed by atoms with E-state index in [2.05, 4.69) is 103 Å². The van der Waals surface area contributed by atoms with E-state index >= 15 is 0 Å². The Labute approximate surface area is 262 Å². The van der Waals surface area contributed by atoms with Crippen molar-refractivity contribution in [2.75, 3.05) is 0 Å². The fraction of sp³-hybridized carbons (Fsp3) is 0.333. The van der Waals surface area contributed by atoms with E-state index in [1.807, 2.05) is 30.3 Å². The molecule has 1 unspecified atom stereocenters. The number of fused-ring (bicyclic) bond motifs is 1. The number of hydrogen-bond donors (Lipinski definition) is 0. The molecule has 5 rings (SSSR count). The Hall–Kier alpha value is -0.661. The number of rotatable bonds is 4. The van der Waals surface area contributed by atoms with Crippen molar-refractivity contribution < 1.29 is 62.2 Å². The van der Waals surface area contributed by atoms with Crippen LogP contribution in [-0.4, -0.2) is 5.43 Å². The van der Waals surface area contributed by atoms with E-state index in [1.54, 1.807) is 33.4 Å². The molecule has 2 aliphatic rings. The average Bonchev–Trinajstić information content (AvgIpc) is 3.64. The molecule has 0 bridgehead atoms. The molecule has 5 heteroatoms. The molecule has 1 atom stereocenters. The van der Waals surface area contributed by atoms with Gasteiger partial charge in [0.05, 0.1) is 0 Å². The molecule has 0 amide bonds. The van der Waals surface area contributed by atoms with E-state index in [-0.39, 0.29) is 47.3 Å². The van der Waals surface area contributed by atoms with Gasteiger partial charge in [-0.1, -0.05) is 0 Å². The Morgan fingerprint density at radius 1 is 0.816 bits per heavy atom. The van der Waals surface area contributed by atoms with Gasteiger partial charge in [-0.05, 0) is 0 Å². The van der Waals surface area contributed by atoms with Crippen LogP contribution < -0.4 is 24.8 Å². The van der Waals surface area contributed by atoms with E-state index in [0.717, 1.165) is 7.25 Å². The Morgan fingerprint density at radius 2 is 1.37 bits per heavy atom. The van der Waals surface area contributed by atoms with Crippen molar-refractivity contribution in [2.45, 2.75) is 61.9 Å². The first-order chi connectivity index (χ1) is 16.7. The van der Waals surface area contributed by atoms with Gasteiger partial charge in [-0.15, -0.1) is 0 Å². The summed E-state index contributed by atoms with van der Waals surface area (Å²) in [6.07, 6.45) is 2.60. The third kappa shape index (κ3) is 6.97. The maximum Gasteiger partial charge on any atom is 2.00 e. The van der Waals surface area contributed by atoms with Crippen LogP contribution in [0.4, 0.5) is 0 Å². The molecule has 3 aromatic rings. The van der Waals surface area contributed by atoms with E-state index < -0.39 is 20.4 Å². The molecule has 0 saturated carbocycles. The summed E-state index contributed by atoms with van der Waals surface area (Å²) in [5.41, 5.74) is 13.9. The maximum absolute atomic E-state index is 2.62. The Balaban J connectivity index is 0.000000813. The fourth-order valence-electron chi connectivity index (χ4n) is 5.96. The second kappa shape index (κ2) is 15.4. The predicted molar refractivity (Wildman–Crippen MR) is 153 cm³/mol. The minimum Gasteiger partial charge on any atom is -1.00 e. The fourth-order valence-corrected chi connectivity index (χ4v) is 27.6. The van der Waals surface area contributed by atoms with Crippen molar-refractivity contribution in [1.82, 2.24) is 0 Å². The van der Waals surface area contributed by atoms with Crippen LogP contribution in [0.1, 0.15) is 56.3 Å². The van der Waals surface area contributed by atoms with Crippen molar-refractivity contribution in [3.63, 3.8) is 0 Å². The second-order valence-electron chi connectivity index (χ2n) is 10.7. The largest absolute Gasteiger partial charge is 2.00 e. The van der Waals surface area contributed by atoms with Crippen LogP contribution in [0.3, 0.4) is 0 Å². The summed E-state index contributed by atoms with van der Waals surface area (Å²) in [5, 5.41) is 0. The van der Waals surface area contributed by atoms with Crippen LogP contribution in [0.2, 0.25) is 16.7 Å². The van der Waals surface area contributed by atoms with Crippen LogP contribution in [0.15, 0.2) is 101 Å². The van der Waals surface area contributed by atoms with Gasteiger partial charge >= 0.3 is 209 Å². The quantitative estimate of drug-likeness (QED) is 0.290. The molecule has 0 radical (unpaired) electrons. The Morgan fingerprint density at radius 3 is 1.82 bits per heavy atom. The molecule has 3 aromatic carbocycles. The normalized spacial score (nSPS) is 15.9. The minimum atomic E-state index is -1.90. The molecule has 0 N–H and O–H groups in total. The predicted octanol–water partition coefficient (Wildman–Crippen LogP) is 3.92. The van der Waals surface area contributed by atoms with Gasteiger partial charge in [0.1, 0.15) is 0 Å². The summed E-state index contributed by atoms with van der Waals surface area (Å²) in [4.78, 5) is 0. The van der Waals surface area contributed by atoms with Crippen molar-refractivity contribution in [3.05, 3.63) is 112 Å². The van der Waals surface area contributed by atoms with Gasteiger partial charge in [-0.2, -0.15) is 18.2 Å². The van der Waals surface area contributed by atoms with Crippen LogP contribution in [0, 0.1) is 5.92 Å². The van der Waals surface area contributed by atoms with Gasteiger partial charge in [0, 0.05) is 0 Å². The van der Waals surface area contributed by atoms with Crippen molar-refractivity contribution in [3.8, 4) is 11.1 Å². The van der Waals surface area contributed by atoms with E-state index in [9.17, 15) is 0 Å². The minimum absolute atomic E-state index is 0. The van der Waals surface area contributed by atoms with Crippen LogP contribution in [0.25, 0.3) is 17.2 Å². The van der Waals surface area contributed by atoms with Crippen molar-refractivity contribution in [2.24, 2.45) is 5.92 Å². The third-order valence-corrected chi connectivity index (χ3v) is 28.0. The van der Waals surface area contributed by atoms with Crippen molar-refractivity contribution in [1.29, 1.82) is 0 Å². The monoisotopic (exact) mass is 680 g/mol. The molecule has 0 heterocycles. The Kier molecular flexibility index (Phi) is 14.3. The van der Waals surface area contributed by atoms with E-state index in [0.29, 0.717) is 5.92 Å². The van der Waals surface area contributed by atoms with Gasteiger partial charge < -0.3 is 24.8 Å².